The van der Waals surface area contributed by atoms with Crippen molar-refractivity contribution >= 4 is 16.6 Å². The molecule has 2 aromatic rings. The molecule has 1 fully saturated rings. The lowest BCUT2D eigenvalue weighted by molar-refractivity contribution is 0.146. The zero-order valence-corrected chi connectivity index (χ0v) is 17.2. The average molecular weight is 386 g/mol. The minimum Gasteiger partial charge on any atom is -0.493 e. The average Bonchev–Trinajstić information content (AvgIpc) is 2.98. The van der Waals surface area contributed by atoms with E-state index in [1.54, 1.807) is 14.2 Å². The van der Waals surface area contributed by atoms with Gasteiger partial charge in [-0.1, -0.05) is 6.92 Å². The smallest absolute Gasteiger partial charge is 0.162 e. The molecule has 1 aromatic heterocycles. The predicted octanol–water partition coefficient (Wildman–Crippen LogP) is 3.26. The highest BCUT2D eigenvalue weighted by atomic mass is 16.5. The fraction of sp³-hybridized carbons (Fsp3) is 0.591. The second-order valence-electron chi connectivity index (χ2n) is 7.63. The second-order valence-corrected chi connectivity index (χ2v) is 7.63. The lowest BCUT2D eigenvalue weighted by Gasteiger charge is -2.33. The first-order valence-corrected chi connectivity index (χ1v) is 10.4. The Labute approximate surface area is 167 Å². The van der Waals surface area contributed by atoms with E-state index in [4.69, 9.17) is 19.2 Å². The van der Waals surface area contributed by atoms with Crippen molar-refractivity contribution in [2.45, 2.75) is 38.6 Å². The van der Waals surface area contributed by atoms with Gasteiger partial charge in [0.2, 0.25) is 0 Å². The number of benzene rings is 1. The van der Waals surface area contributed by atoms with Gasteiger partial charge in [-0.05, 0) is 44.0 Å². The lowest BCUT2D eigenvalue weighted by atomic mass is 9.99. The number of hydrogen-bond donors (Lipinski definition) is 1. The number of hydrogen-bond acceptors (Lipinski definition) is 6. The number of anilines is 1. The Kier molecular flexibility index (Phi) is 5.87. The molecular formula is C22H31N3O3. The molecule has 1 aromatic carbocycles. The van der Waals surface area contributed by atoms with E-state index < -0.39 is 0 Å². The lowest BCUT2D eigenvalue weighted by Crippen LogP contribution is -2.42. The zero-order valence-electron chi connectivity index (χ0n) is 17.2. The van der Waals surface area contributed by atoms with Crippen molar-refractivity contribution in [1.29, 1.82) is 0 Å². The summed E-state index contributed by atoms with van der Waals surface area (Å²) < 4.78 is 16.8. The van der Waals surface area contributed by atoms with Gasteiger partial charge in [-0.15, -0.1) is 0 Å². The monoisotopic (exact) mass is 385 g/mol. The summed E-state index contributed by atoms with van der Waals surface area (Å²) in [6, 6.07) is 4.50. The molecule has 0 bridgehead atoms. The topological polar surface area (TPSA) is 55.9 Å². The first-order valence-electron chi connectivity index (χ1n) is 10.4. The van der Waals surface area contributed by atoms with Crippen LogP contribution < -0.4 is 14.8 Å². The van der Waals surface area contributed by atoms with Crippen molar-refractivity contribution in [3.8, 4) is 11.5 Å². The summed E-state index contributed by atoms with van der Waals surface area (Å²) in [4.78, 5) is 7.50. The van der Waals surface area contributed by atoms with Crippen LogP contribution in [0.4, 0.5) is 5.69 Å². The van der Waals surface area contributed by atoms with Gasteiger partial charge >= 0.3 is 0 Å². The quantitative estimate of drug-likeness (QED) is 0.853. The summed E-state index contributed by atoms with van der Waals surface area (Å²) >= 11 is 0. The molecule has 6 nitrogen and oxygen atoms in total. The molecule has 0 spiro atoms. The number of nitrogens with zero attached hydrogens (tertiary/aromatic N) is 2. The van der Waals surface area contributed by atoms with Crippen molar-refractivity contribution in [3.05, 3.63) is 23.4 Å². The molecular weight excluding hydrogens is 354 g/mol. The number of fused-ring (bicyclic) bond motifs is 2. The van der Waals surface area contributed by atoms with Crippen LogP contribution in [0.2, 0.25) is 0 Å². The third-order valence-corrected chi connectivity index (χ3v) is 5.96. The molecule has 0 unspecified atom stereocenters. The van der Waals surface area contributed by atoms with Crippen LogP contribution in [0.3, 0.4) is 0 Å². The summed E-state index contributed by atoms with van der Waals surface area (Å²) in [5, 5.41) is 5.00. The Morgan fingerprint density at radius 1 is 1.18 bits per heavy atom. The number of rotatable bonds is 5. The molecule has 28 heavy (non-hydrogen) atoms. The van der Waals surface area contributed by atoms with E-state index in [-0.39, 0.29) is 0 Å². The van der Waals surface area contributed by atoms with E-state index in [1.165, 1.54) is 30.6 Å². The second kappa shape index (κ2) is 8.53. The molecule has 1 atom stereocenters. The normalized spacial score (nSPS) is 20.5. The zero-order chi connectivity index (χ0) is 19.5. The van der Waals surface area contributed by atoms with Crippen molar-refractivity contribution < 1.29 is 14.2 Å². The number of likely N-dealkylation sites (N-methyl/N-ethyl adjacent to an activating group) is 1. The molecule has 3 heterocycles. The Morgan fingerprint density at radius 2 is 1.96 bits per heavy atom. The van der Waals surface area contributed by atoms with E-state index in [0.717, 1.165) is 61.5 Å². The molecule has 1 N–H and O–H groups in total. The Morgan fingerprint density at radius 3 is 2.75 bits per heavy atom. The van der Waals surface area contributed by atoms with Gasteiger partial charge in [0.05, 0.1) is 33.0 Å². The molecule has 2 aliphatic rings. The van der Waals surface area contributed by atoms with E-state index in [1.807, 2.05) is 6.07 Å². The Hall–Kier alpha value is -2.05. The number of aromatic nitrogens is 1. The summed E-state index contributed by atoms with van der Waals surface area (Å²) in [7, 11) is 3.35. The van der Waals surface area contributed by atoms with Crippen LogP contribution in [-0.2, 0) is 17.6 Å². The minimum absolute atomic E-state index is 0.445. The number of pyridine rings is 1. The molecule has 152 valence electrons. The van der Waals surface area contributed by atoms with Gasteiger partial charge in [0.15, 0.2) is 11.5 Å². The van der Waals surface area contributed by atoms with Gasteiger partial charge in [0.1, 0.15) is 0 Å². The van der Waals surface area contributed by atoms with E-state index in [0.29, 0.717) is 11.8 Å². The van der Waals surface area contributed by atoms with Crippen LogP contribution in [0.25, 0.3) is 10.9 Å². The summed E-state index contributed by atoms with van der Waals surface area (Å²) in [6.45, 7) is 7.10. The molecule has 6 heteroatoms. The van der Waals surface area contributed by atoms with Gasteiger partial charge in [-0.2, -0.15) is 0 Å². The first kappa shape index (κ1) is 19.3. The SMILES string of the molecule is CCN1CCC[C@@H](Nc2c3c(nc4cc(OC)c(OC)cc24)CCOCC3)C1. The molecule has 1 saturated heterocycles. The first-order chi connectivity index (χ1) is 13.7. The third kappa shape index (κ3) is 3.76. The number of methoxy groups -OCH3 is 2. The standard InChI is InChI=1S/C22H31N3O3/c1-4-25-9-5-6-15(14-25)23-22-16-7-10-28-11-8-18(16)24-19-13-21(27-3)20(26-2)12-17(19)22/h12-13,15H,4-11,14H2,1-3H3,(H,23,24)/t15-/m1/s1. The van der Waals surface area contributed by atoms with Crippen LogP contribution in [-0.4, -0.2) is 63.0 Å². The number of likely N-dealkylation sites (tertiary alicyclic amines) is 1. The highest BCUT2D eigenvalue weighted by Gasteiger charge is 2.24. The molecule has 0 radical (unpaired) electrons. The van der Waals surface area contributed by atoms with Crippen molar-refractivity contribution in [2.75, 3.05) is 52.4 Å². The number of ether oxygens (including phenoxy) is 3. The van der Waals surface area contributed by atoms with Gasteiger partial charge < -0.3 is 24.4 Å². The Balaban J connectivity index is 1.81. The van der Waals surface area contributed by atoms with E-state index >= 15 is 0 Å². The van der Waals surface area contributed by atoms with Gasteiger partial charge in [-0.3, -0.25) is 4.98 Å². The highest BCUT2D eigenvalue weighted by molar-refractivity contribution is 5.96. The fourth-order valence-electron chi connectivity index (χ4n) is 4.43. The minimum atomic E-state index is 0.445. The van der Waals surface area contributed by atoms with Crippen LogP contribution in [0.15, 0.2) is 12.1 Å². The van der Waals surface area contributed by atoms with Crippen molar-refractivity contribution in [2.24, 2.45) is 0 Å². The number of piperidine rings is 1. The van der Waals surface area contributed by atoms with E-state index in [9.17, 15) is 0 Å². The van der Waals surface area contributed by atoms with Gasteiger partial charge in [0.25, 0.3) is 0 Å². The maximum Gasteiger partial charge on any atom is 0.162 e. The maximum atomic E-state index is 5.75. The summed E-state index contributed by atoms with van der Waals surface area (Å²) in [5.74, 6) is 1.46. The largest absolute Gasteiger partial charge is 0.493 e. The van der Waals surface area contributed by atoms with Crippen molar-refractivity contribution in [1.82, 2.24) is 9.88 Å². The van der Waals surface area contributed by atoms with Crippen LogP contribution in [0.1, 0.15) is 31.0 Å². The van der Waals surface area contributed by atoms with Crippen LogP contribution in [0.5, 0.6) is 11.5 Å². The molecule has 4 rings (SSSR count). The van der Waals surface area contributed by atoms with Gasteiger partial charge in [-0.25, -0.2) is 0 Å². The van der Waals surface area contributed by atoms with Gasteiger partial charge in [0, 0.05) is 41.8 Å². The predicted molar refractivity (Wildman–Crippen MR) is 112 cm³/mol. The summed E-state index contributed by atoms with van der Waals surface area (Å²) in [6.07, 6.45) is 4.16. The molecule has 0 saturated carbocycles. The van der Waals surface area contributed by atoms with Crippen LogP contribution >= 0.6 is 0 Å². The van der Waals surface area contributed by atoms with Crippen LogP contribution in [0, 0.1) is 0 Å². The summed E-state index contributed by atoms with van der Waals surface area (Å²) in [5.41, 5.74) is 4.59. The molecule has 2 aliphatic heterocycles. The fourth-order valence-corrected chi connectivity index (χ4v) is 4.43. The third-order valence-electron chi connectivity index (χ3n) is 5.96. The molecule has 0 amide bonds. The van der Waals surface area contributed by atoms with Crippen molar-refractivity contribution in [3.63, 3.8) is 0 Å². The van der Waals surface area contributed by atoms with E-state index in [2.05, 4.69) is 23.2 Å². The molecule has 0 aliphatic carbocycles. The number of nitrogens with one attached hydrogen (secondary N) is 1. The Bertz CT molecular complexity index is 840. The highest BCUT2D eigenvalue weighted by Crippen LogP contribution is 2.38. The maximum absolute atomic E-state index is 5.75.